The van der Waals surface area contributed by atoms with E-state index < -0.39 is 0 Å². The van der Waals surface area contributed by atoms with E-state index in [1.165, 1.54) is 11.6 Å². The van der Waals surface area contributed by atoms with Crippen molar-refractivity contribution in [2.45, 2.75) is 25.4 Å². The zero-order valence-corrected chi connectivity index (χ0v) is 11.4. The highest BCUT2D eigenvalue weighted by Crippen LogP contribution is 2.31. The van der Waals surface area contributed by atoms with Crippen LogP contribution < -0.4 is 5.32 Å². The first-order valence-corrected chi connectivity index (χ1v) is 6.81. The summed E-state index contributed by atoms with van der Waals surface area (Å²) >= 11 is 5.92. The second kappa shape index (κ2) is 4.95. The molecule has 1 heterocycles. The number of nitrogens with one attached hydrogen (secondary N) is 1. The van der Waals surface area contributed by atoms with E-state index in [9.17, 15) is 4.39 Å². The van der Waals surface area contributed by atoms with Crippen molar-refractivity contribution in [3.8, 4) is 0 Å². The van der Waals surface area contributed by atoms with Gasteiger partial charge in [0.2, 0.25) is 0 Å². The summed E-state index contributed by atoms with van der Waals surface area (Å²) in [5, 5.41) is 4.24. The summed E-state index contributed by atoms with van der Waals surface area (Å²) in [5.74, 6) is -0.186. The lowest BCUT2D eigenvalue weighted by atomic mass is 9.87. The van der Waals surface area contributed by atoms with Gasteiger partial charge >= 0.3 is 0 Å². The second-order valence-corrected chi connectivity index (χ2v) is 5.54. The molecule has 0 aliphatic carbocycles. The van der Waals surface area contributed by atoms with Crippen LogP contribution in [0.25, 0.3) is 0 Å². The molecule has 98 valence electrons. The lowest BCUT2D eigenvalue weighted by Gasteiger charge is -2.32. The second-order valence-electron chi connectivity index (χ2n) is 5.10. The van der Waals surface area contributed by atoms with Gasteiger partial charge in [-0.05, 0) is 54.3 Å². The van der Waals surface area contributed by atoms with Gasteiger partial charge in [-0.25, -0.2) is 4.39 Å². The molecule has 1 N–H and O–H groups in total. The lowest BCUT2D eigenvalue weighted by Crippen LogP contribution is -2.37. The average Bonchev–Trinajstić information content (AvgIpc) is 2.39. The van der Waals surface area contributed by atoms with E-state index >= 15 is 0 Å². The summed E-state index contributed by atoms with van der Waals surface area (Å²) in [7, 11) is 0. The van der Waals surface area contributed by atoms with Crippen LogP contribution in [0, 0.1) is 5.82 Å². The Kier molecular flexibility index (Phi) is 3.29. The van der Waals surface area contributed by atoms with Gasteiger partial charge in [0.1, 0.15) is 5.82 Å². The predicted molar refractivity (Wildman–Crippen MR) is 76.0 cm³/mol. The maximum atomic E-state index is 13.5. The largest absolute Gasteiger partial charge is 0.303 e. The van der Waals surface area contributed by atoms with Crippen molar-refractivity contribution in [3.05, 3.63) is 70.0 Å². The van der Waals surface area contributed by atoms with Crippen LogP contribution in [0.15, 0.2) is 42.5 Å². The number of hydrogen-bond donors (Lipinski definition) is 1. The predicted octanol–water partition coefficient (Wildman–Crippen LogP) is 4.10. The monoisotopic (exact) mass is 275 g/mol. The fourth-order valence-corrected chi connectivity index (χ4v) is 2.84. The maximum Gasteiger partial charge on any atom is 0.123 e. The summed E-state index contributed by atoms with van der Waals surface area (Å²) in [6.07, 6.45) is 0.930. The topological polar surface area (TPSA) is 12.0 Å². The maximum absolute atomic E-state index is 13.5. The molecule has 0 radical (unpaired) electrons. The third kappa shape index (κ3) is 2.51. The van der Waals surface area contributed by atoms with E-state index in [2.05, 4.69) is 12.2 Å². The molecule has 2 aromatic carbocycles. The minimum Gasteiger partial charge on any atom is -0.303 e. The molecule has 2 atom stereocenters. The zero-order chi connectivity index (χ0) is 13.4. The highest BCUT2D eigenvalue weighted by molar-refractivity contribution is 6.30. The van der Waals surface area contributed by atoms with Crippen LogP contribution in [0.2, 0.25) is 5.02 Å². The van der Waals surface area contributed by atoms with E-state index in [1.54, 1.807) is 6.07 Å². The summed E-state index contributed by atoms with van der Waals surface area (Å²) in [4.78, 5) is 0. The number of halogens is 2. The average molecular weight is 276 g/mol. The Bertz CT molecular complexity index is 594. The molecule has 0 bridgehead atoms. The van der Waals surface area contributed by atoms with Crippen molar-refractivity contribution in [2.24, 2.45) is 0 Å². The van der Waals surface area contributed by atoms with Gasteiger partial charge in [-0.15, -0.1) is 0 Å². The Morgan fingerprint density at radius 1 is 1.16 bits per heavy atom. The first-order chi connectivity index (χ1) is 9.13. The molecule has 0 saturated heterocycles. The van der Waals surface area contributed by atoms with Crippen LogP contribution >= 0.6 is 11.6 Å². The first-order valence-electron chi connectivity index (χ1n) is 6.43. The Morgan fingerprint density at radius 2 is 1.89 bits per heavy atom. The third-order valence-electron chi connectivity index (χ3n) is 3.60. The quantitative estimate of drug-likeness (QED) is 0.826. The SMILES string of the molecule is CC1Cc2ccc(F)cc2C(c2ccc(Cl)cc2)N1. The first kappa shape index (κ1) is 12.6. The molecule has 19 heavy (non-hydrogen) atoms. The van der Waals surface area contributed by atoms with Crippen molar-refractivity contribution >= 4 is 11.6 Å². The molecule has 0 fully saturated rings. The molecule has 1 aliphatic rings. The standard InChI is InChI=1S/C16H15ClFN/c1-10-8-12-4-7-14(18)9-15(12)16(19-10)11-2-5-13(17)6-3-11/h2-7,9-10,16,19H,8H2,1H3. The van der Waals surface area contributed by atoms with E-state index in [-0.39, 0.29) is 11.9 Å². The van der Waals surface area contributed by atoms with Gasteiger partial charge in [0.05, 0.1) is 6.04 Å². The molecule has 3 heteroatoms. The van der Waals surface area contributed by atoms with Gasteiger partial charge in [-0.3, -0.25) is 0 Å². The van der Waals surface area contributed by atoms with Crippen LogP contribution in [0.5, 0.6) is 0 Å². The van der Waals surface area contributed by atoms with Crippen molar-refractivity contribution < 1.29 is 4.39 Å². The lowest BCUT2D eigenvalue weighted by molar-refractivity contribution is 0.461. The molecule has 0 spiro atoms. The van der Waals surface area contributed by atoms with Crippen molar-refractivity contribution in [2.75, 3.05) is 0 Å². The van der Waals surface area contributed by atoms with Crippen LogP contribution in [-0.4, -0.2) is 6.04 Å². The summed E-state index contributed by atoms with van der Waals surface area (Å²) in [6.45, 7) is 2.15. The van der Waals surface area contributed by atoms with Gasteiger partial charge < -0.3 is 5.32 Å². The number of rotatable bonds is 1. The van der Waals surface area contributed by atoms with Crippen LogP contribution in [0.4, 0.5) is 4.39 Å². The Hall–Kier alpha value is -1.38. The van der Waals surface area contributed by atoms with E-state index in [1.807, 2.05) is 30.3 Å². The van der Waals surface area contributed by atoms with Crippen LogP contribution in [-0.2, 0) is 6.42 Å². The summed E-state index contributed by atoms with van der Waals surface area (Å²) in [6, 6.07) is 13.2. The van der Waals surface area contributed by atoms with E-state index in [0.29, 0.717) is 11.1 Å². The van der Waals surface area contributed by atoms with Gasteiger partial charge in [0.25, 0.3) is 0 Å². The number of hydrogen-bond acceptors (Lipinski definition) is 1. The number of benzene rings is 2. The Balaban J connectivity index is 2.07. The Morgan fingerprint density at radius 3 is 2.63 bits per heavy atom. The van der Waals surface area contributed by atoms with Crippen molar-refractivity contribution in [1.29, 1.82) is 0 Å². The molecular formula is C16H15ClFN. The minimum absolute atomic E-state index is 0.0340. The molecule has 3 rings (SSSR count). The van der Waals surface area contributed by atoms with Gasteiger partial charge in [0.15, 0.2) is 0 Å². The summed E-state index contributed by atoms with van der Waals surface area (Å²) < 4.78 is 13.5. The minimum atomic E-state index is -0.186. The molecular weight excluding hydrogens is 261 g/mol. The Labute approximate surface area is 117 Å². The molecule has 2 aromatic rings. The van der Waals surface area contributed by atoms with Gasteiger partial charge in [-0.1, -0.05) is 29.8 Å². The molecule has 2 unspecified atom stereocenters. The molecule has 1 aliphatic heterocycles. The van der Waals surface area contributed by atoms with Crippen LogP contribution in [0.3, 0.4) is 0 Å². The summed E-state index contributed by atoms with van der Waals surface area (Å²) in [5.41, 5.74) is 3.36. The smallest absolute Gasteiger partial charge is 0.123 e. The van der Waals surface area contributed by atoms with Crippen LogP contribution in [0.1, 0.15) is 29.7 Å². The van der Waals surface area contributed by atoms with E-state index in [0.717, 1.165) is 17.5 Å². The van der Waals surface area contributed by atoms with E-state index in [4.69, 9.17) is 11.6 Å². The zero-order valence-electron chi connectivity index (χ0n) is 10.7. The number of fused-ring (bicyclic) bond motifs is 1. The molecule has 1 nitrogen and oxygen atoms in total. The van der Waals surface area contributed by atoms with Crippen molar-refractivity contribution in [1.82, 2.24) is 5.32 Å². The van der Waals surface area contributed by atoms with Crippen molar-refractivity contribution in [3.63, 3.8) is 0 Å². The van der Waals surface area contributed by atoms with Gasteiger partial charge in [-0.2, -0.15) is 0 Å². The highest BCUT2D eigenvalue weighted by Gasteiger charge is 2.25. The third-order valence-corrected chi connectivity index (χ3v) is 3.85. The normalized spacial score (nSPS) is 22.1. The fraction of sp³-hybridized carbons (Fsp3) is 0.250. The molecule has 0 saturated carbocycles. The molecule has 0 aromatic heterocycles. The molecule has 0 amide bonds. The fourth-order valence-electron chi connectivity index (χ4n) is 2.71. The highest BCUT2D eigenvalue weighted by atomic mass is 35.5. The van der Waals surface area contributed by atoms with Gasteiger partial charge in [0, 0.05) is 11.1 Å².